The largest absolute Gasteiger partial charge is 0.381 e. The Kier molecular flexibility index (Phi) is 2.45. The minimum Gasteiger partial charge on any atom is -0.381 e. The lowest BCUT2D eigenvalue weighted by atomic mass is 10.1. The highest BCUT2D eigenvalue weighted by atomic mass is 32.1. The summed E-state index contributed by atoms with van der Waals surface area (Å²) in [6, 6.07) is 0. The molecular weight excluding hydrogens is 226 g/mol. The van der Waals surface area contributed by atoms with Crippen LogP contribution in [0.4, 0.5) is 0 Å². The molecule has 0 radical (unpaired) electrons. The fraction of sp³-hybridized carbons (Fsp3) is 0.500. The zero-order valence-electron chi connectivity index (χ0n) is 8.84. The predicted octanol–water partition coefficient (Wildman–Crippen LogP) is 2.01. The molecule has 2 aromatic heterocycles. The van der Waals surface area contributed by atoms with Crippen molar-refractivity contribution in [1.82, 2.24) is 15.1 Å². The molecule has 16 heavy (non-hydrogen) atoms. The fourth-order valence-corrected chi connectivity index (χ4v) is 2.40. The third kappa shape index (κ3) is 1.74. The van der Waals surface area contributed by atoms with E-state index < -0.39 is 0 Å². The van der Waals surface area contributed by atoms with E-state index in [4.69, 9.17) is 9.26 Å². The summed E-state index contributed by atoms with van der Waals surface area (Å²) >= 11 is 1.56. The topological polar surface area (TPSA) is 61.0 Å². The Bertz CT molecular complexity index is 488. The molecule has 1 saturated heterocycles. The van der Waals surface area contributed by atoms with Crippen LogP contribution < -0.4 is 0 Å². The minimum absolute atomic E-state index is 0.284. The molecule has 0 saturated carbocycles. The molecule has 1 aliphatic heterocycles. The van der Waals surface area contributed by atoms with Gasteiger partial charge in [0, 0.05) is 12.5 Å². The average Bonchev–Trinajstić information content (AvgIpc) is 2.97. The second-order valence-corrected chi connectivity index (χ2v) is 5.00. The van der Waals surface area contributed by atoms with Crippen molar-refractivity contribution in [3.8, 4) is 10.8 Å². The van der Waals surface area contributed by atoms with Gasteiger partial charge in [0.25, 0.3) is 5.89 Å². The normalized spacial score (nSPS) is 20.4. The lowest BCUT2D eigenvalue weighted by molar-refractivity contribution is 0.192. The van der Waals surface area contributed by atoms with Crippen LogP contribution >= 0.6 is 11.3 Å². The number of hydrogen-bond acceptors (Lipinski definition) is 6. The molecule has 0 aliphatic carbocycles. The second-order valence-electron chi connectivity index (χ2n) is 3.76. The van der Waals surface area contributed by atoms with E-state index in [9.17, 15) is 0 Å². The molecule has 0 spiro atoms. The minimum atomic E-state index is 0.284. The highest BCUT2D eigenvalue weighted by Crippen LogP contribution is 2.28. The summed E-state index contributed by atoms with van der Waals surface area (Å²) in [7, 11) is 0. The van der Waals surface area contributed by atoms with Crippen molar-refractivity contribution >= 4 is 11.3 Å². The van der Waals surface area contributed by atoms with E-state index >= 15 is 0 Å². The Hall–Kier alpha value is -1.27. The zero-order chi connectivity index (χ0) is 11.0. The van der Waals surface area contributed by atoms with Crippen LogP contribution in [-0.4, -0.2) is 28.3 Å². The van der Waals surface area contributed by atoms with E-state index in [0.717, 1.165) is 28.7 Å². The summed E-state index contributed by atoms with van der Waals surface area (Å²) in [6.45, 7) is 3.44. The molecule has 3 heterocycles. The lowest BCUT2D eigenvalue weighted by Gasteiger charge is -1.97. The number of aryl methyl sites for hydroxylation is 1. The molecular formula is C10H11N3O2S. The van der Waals surface area contributed by atoms with Crippen molar-refractivity contribution in [3.05, 3.63) is 17.0 Å². The average molecular weight is 237 g/mol. The standard InChI is InChI=1S/C10H11N3O2S/c1-6-11-4-8(16-6)10-12-9(13-15-10)7-2-3-14-5-7/h4,7H,2-3,5H2,1H3. The van der Waals surface area contributed by atoms with Crippen molar-refractivity contribution in [2.24, 2.45) is 0 Å². The molecule has 1 fully saturated rings. The van der Waals surface area contributed by atoms with Gasteiger partial charge >= 0.3 is 0 Å². The Morgan fingerprint density at radius 3 is 3.12 bits per heavy atom. The van der Waals surface area contributed by atoms with Gasteiger partial charge in [-0.2, -0.15) is 4.98 Å². The molecule has 3 rings (SSSR count). The highest BCUT2D eigenvalue weighted by Gasteiger charge is 2.23. The molecule has 6 heteroatoms. The molecule has 1 unspecified atom stereocenters. The number of hydrogen-bond donors (Lipinski definition) is 0. The van der Waals surface area contributed by atoms with Crippen LogP contribution in [0.25, 0.3) is 10.8 Å². The maximum atomic E-state index is 5.30. The molecule has 0 amide bonds. The van der Waals surface area contributed by atoms with Crippen LogP contribution in [0.1, 0.15) is 23.2 Å². The van der Waals surface area contributed by atoms with Gasteiger partial charge in [-0.3, -0.25) is 0 Å². The van der Waals surface area contributed by atoms with Crippen LogP contribution in [0.2, 0.25) is 0 Å². The highest BCUT2D eigenvalue weighted by molar-refractivity contribution is 7.14. The van der Waals surface area contributed by atoms with Gasteiger partial charge in [-0.05, 0) is 13.3 Å². The van der Waals surface area contributed by atoms with Gasteiger partial charge < -0.3 is 9.26 Å². The van der Waals surface area contributed by atoms with E-state index in [1.807, 2.05) is 6.92 Å². The van der Waals surface area contributed by atoms with Gasteiger partial charge in [0.2, 0.25) is 0 Å². The lowest BCUT2D eigenvalue weighted by Crippen LogP contribution is -1.99. The van der Waals surface area contributed by atoms with Crippen LogP contribution in [0.15, 0.2) is 10.7 Å². The molecule has 0 N–H and O–H groups in total. The van der Waals surface area contributed by atoms with Crippen molar-refractivity contribution in [2.75, 3.05) is 13.2 Å². The number of ether oxygens (including phenoxy) is 1. The SMILES string of the molecule is Cc1ncc(-c2nc(C3CCOC3)no2)s1. The van der Waals surface area contributed by atoms with Gasteiger partial charge in [0.15, 0.2) is 5.82 Å². The molecule has 84 valence electrons. The van der Waals surface area contributed by atoms with E-state index in [1.165, 1.54) is 0 Å². The van der Waals surface area contributed by atoms with Crippen molar-refractivity contribution in [3.63, 3.8) is 0 Å². The summed E-state index contributed by atoms with van der Waals surface area (Å²) in [6.07, 6.45) is 2.74. The fourth-order valence-electron chi connectivity index (χ4n) is 1.70. The number of nitrogens with zero attached hydrogens (tertiary/aromatic N) is 3. The number of thiazole rings is 1. The van der Waals surface area contributed by atoms with Gasteiger partial charge in [0.1, 0.15) is 4.88 Å². The van der Waals surface area contributed by atoms with Crippen molar-refractivity contribution in [2.45, 2.75) is 19.3 Å². The van der Waals surface area contributed by atoms with E-state index in [1.54, 1.807) is 17.5 Å². The van der Waals surface area contributed by atoms with Crippen LogP contribution in [0.3, 0.4) is 0 Å². The Morgan fingerprint density at radius 1 is 1.50 bits per heavy atom. The predicted molar refractivity (Wildman–Crippen MR) is 58.3 cm³/mol. The quantitative estimate of drug-likeness (QED) is 0.799. The van der Waals surface area contributed by atoms with Gasteiger partial charge in [-0.15, -0.1) is 11.3 Å². The first-order valence-electron chi connectivity index (χ1n) is 5.17. The van der Waals surface area contributed by atoms with E-state index in [2.05, 4.69) is 15.1 Å². The van der Waals surface area contributed by atoms with Crippen LogP contribution in [0, 0.1) is 6.92 Å². The smallest absolute Gasteiger partial charge is 0.269 e. The van der Waals surface area contributed by atoms with Gasteiger partial charge in [-0.1, -0.05) is 5.16 Å². The number of aromatic nitrogens is 3. The van der Waals surface area contributed by atoms with Gasteiger partial charge in [-0.25, -0.2) is 4.98 Å². The molecule has 0 aromatic carbocycles. The monoisotopic (exact) mass is 237 g/mol. The number of rotatable bonds is 2. The molecule has 5 nitrogen and oxygen atoms in total. The maximum absolute atomic E-state index is 5.30. The molecule has 1 atom stereocenters. The second kappa shape index (κ2) is 3.95. The van der Waals surface area contributed by atoms with Gasteiger partial charge in [0.05, 0.1) is 17.8 Å². The summed E-state index contributed by atoms with van der Waals surface area (Å²) in [5.41, 5.74) is 0. The Labute approximate surface area is 96.5 Å². The molecule has 0 bridgehead atoms. The Morgan fingerprint density at radius 2 is 2.44 bits per heavy atom. The third-order valence-corrected chi connectivity index (χ3v) is 3.47. The van der Waals surface area contributed by atoms with Crippen LogP contribution in [-0.2, 0) is 4.74 Å². The van der Waals surface area contributed by atoms with Crippen molar-refractivity contribution < 1.29 is 9.26 Å². The Balaban J connectivity index is 1.87. The first-order chi connectivity index (χ1) is 7.83. The molecule has 1 aliphatic rings. The first-order valence-corrected chi connectivity index (χ1v) is 5.99. The summed E-state index contributed by atoms with van der Waals surface area (Å²) in [4.78, 5) is 9.48. The third-order valence-electron chi connectivity index (χ3n) is 2.57. The summed E-state index contributed by atoms with van der Waals surface area (Å²) in [5.74, 6) is 1.59. The molecule has 2 aromatic rings. The van der Waals surface area contributed by atoms with E-state index in [0.29, 0.717) is 12.5 Å². The first kappa shape index (κ1) is 9.92. The van der Waals surface area contributed by atoms with Crippen molar-refractivity contribution in [1.29, 1.82) is 0 Å². The maximum Gasteiger partial charge on any atom is 0.269 e. The van der Waals surface area contributed by atoms with E-state index in [-0.39, 0.29) is 5.92 Å². The zero-order valence-corrected chi connectivity index (χ0v) is 9.66. The summed E-state index contributed by atoms with van der Waals surface area (Å²) < 4.78 is 10.5. The van der Waals surface area contributed by atoms with Crippen LogP contribution in [0.5, 0.6) is 0 Å². The summed E-state index contributed by atoms with van der Waals surface area (Å²) in [5, 5.41) is 5.00.